The van der Waals surface area contributed by atoms with Crippen LogP contribution in [0.2, 0.25) is 5.09 Å². The van der Waals surface area contributed by atoms with Crippen molar-refractivity contribution >= 4 is 17.7 Å². The Morgan fingerprint density at radius 3 is 2.15 bits per heavy atom. The molecule has 0 aliphatic rings. The topological polar surface area (TPSA) is 3.24 Å². The number of rotatable bonds is 7. The van der Waals surface area contributed by atoms with Crippen LogP contribution in [-0.2, 0) is 0 Å². The van der Waals surface area contributed by atoms with E-state index in [1.54, 1.807) is 0 Å². The Morgan fingerprint density at radius 1 is 1.23 bits per heavy atom. The van der Waals surface area contributed by atoms with E-state index in [-0.39, 0.29) is 0 Å². The van der Waals surface area contributed by atoms with Gasteiger partial charge in [0.15, 0.2) is 0 Å². The Bertz CT molecular complexity index is 137. The number of hydrogen-bond acceptors (Lipinski definition) is 1. The minimum atomic E-state index is 1.14. The molecule has 13 heavy (non-hydrogen) atoms. The fraction of sp³-hybridized carbons (Fsp3) is 0.818. The molecule has 0 N–H and O–H groups in total. The van der Waals surface area contributed by atoms with Gasteiger partial charge in [-0.2, -0.15) is 0 Å². The first-order chi connectivity index (χ1) is 6.24. The van der Waals surface area contributed by atoms with E-state index in [1.165, 1.54) is 36.6 Å². The zero-order chi connectivity index (χ0) is 10.1. The Hall–Kier alpha value is 0.297. The first-order valence-corrected chi connectivity index (χ1v) is 5.62. The van der Waals surface area contributed by atoms with Gasteiger partial charge < -0.3 is 0 Å². The molecule has 0 saturated carbocycles. The van der Waals surface area contributed by atoms with E-state index >= 15 is 0 Å². The van der Waals surface area contributed by atoms with Crippen LogP contribution >= 0.6 is 0 Å². The van der Waals surface area contributed by atoms with E-state index < -0.39 is 0 Å². The molecule has 0 unspecified atom stereocenters. The summed E-state index contributed by atoms with van der Waals surface area (Å²) >= 11 is 2.22. The fourth-order valence-corrected chi connectivity index (χ4v) is 1.36. The summed E-state index contributed by atoms with van der Waals surface area (Å²) in [6.45, 7) is 10.3. The van der Waals surface area contributed by atoms with Crippen molar-refractivity contribution in [1.29, 1.82) is 0 Å². The van der Waals surface area contributed by atoms with Crippen LogP contribution in [0.5, 0.6) is 0 Å². The normalized spacial score (nSPS) is 12.6. The van der Waals surface area contributed by atoms with Crippen LogP contribution in [-0.4, -0.2) is 42.2 Å². The first kappa shape index (κ1) is 13.3. The summed E-state index contributed by atoms with van der Waals surface area (Å²) in [5, 5.41) is 1.19. The van der Waals surface area contributed by atoms with E-state index in [1.807, 2.05) is 0 Å². The van der Waals surface area contributed by atoms with E-state index in [0.29, 0.717) is 0 Å². The van der Waals surface area contributed by atoms with E-state index in [0.717, 1.165) is 6.54 Å². The molecule has 0 aromatic heterocycles. The second kappa shape index (κ2) is 8.88. The average molecular weight is 175 g/mol. The molecule has 0 saturated heterocycles. The van der Waals surface area contributed by atoms with Crippen molar-refractivity contribution in [1.82, 2.24) is 4.90 Å². The zero-order valence-electron chi connectivity index (χ0n) is 9.77. The number of allylic oxidation sites excluding steroid dienone is 1. The van der Waals surface area contributed by atoms with Crippen molar-refractivity contribution in [2.24, 2.45) is 0 Å². The molecule has 0 fully saturated rings. The molecule has 0 aliphatic heterocycles. The van der Waals surface area contributed by atoms with Gasteiger partial charge in [0, 0.05) is 0 Å². The monoisotopic (exact) mass is 175 g/mol. The molecule has 0 amide bonds. The van der Waals surface area contributed by atoms with Crippen LogP contribution in [0.4, 0.5) is 0 Å². The van der Waals surface area contributed by atoms with Gasteiger partial charge in [-0.3, -0.25) is 0 Å². The molecule has 0 aromatic carbocycles. The molecule has 0 rings (SSSR count). The molecular weight excluding hydrogens is 153 g/mol. The van der Waals surface area contributed by atoms with Gasteiger partial charge in [0.1, 0.15) is 0 Å². The van der Waals surface area contributed by atoms with Gasteiger partial charge in [0.2, 0.25) is 0 Å². The summed E-state index contributed by atoms with van der Waals surface area (Å²) in [7, 11) is 0. The third kappa shape index (κ3) is 7.37. The Kier molecular flexibility index (Phi) is 9.08. The van der Waals surface area contributed by atoms with Gasteiger partial charge in [-0.25, -0.2) is 0 Å². The molecule has 0 radical (unpaired) electrons. The van der Waals surface area contributed by atoms with Crippen LogP contribution in [0, 0.1) is 0 Å². The van der Waals surface area contributed by atoms with Gasteiger partial charge in [-0.15, -0.1) is 0 Å². The molecule has 0 bridgehead atoms. The molecule has 0 atom stereocenters. The molecule has 0 spiro atoms. The van der Waals surface area contributed by atoms with Crippen molar-refractivity contribution in [2.75, 3.05) is 19.6 Å². The predicted molar refractivity (Wildman–Crippen MR) is 61.3 cm³/mol. The molecule has 1 nitrogen and oxygen atoms in total. The van der Waals surface area contributed by atoms with Crippen molar-refractivity contribution < 1.29 is 0 Å². The Labute approximate surface area is 92.8 Å². The van der Waals surface area contributed by atoms with Crippen LogP contribution in [0.1, 0.15) is 33.6 Å². The maximum atomic E-state index is 2.53. The maximum absolute atomic E-state index is 2.53. The van der Waals surface area contributed by atoms with Gasteiger partial charge >= 0.3 is 92.6 Å². The summed E-state index contributed by atoms with van der Waals surface area (Å²) in [6, 6.07) is 0. The second-order valence-electron chi connectivity index (χ2n) is 3.70. The third-order valence-electron chi connectivity index (χ3n) is 2.34. The van der Waals surface area contributed by atoms with Crippen LogP contribution in [0.25, 0.3) is 0 Å². The Morgan fingerprint density at radius 2 is 1.77 bits per heavy atom. The second-order valence-corrected chi connectivity index (χ2v) is 3.70. The zero-order valence-corrected chi connectivity index (χ0v) is 9.77. The summed E-state index contributed by atoms with van der Waals surface area (Å²) in [4.78, 5) is 2.53. The van der Waals surface area contributed by atoms with E-state index in [9.17, 15) is 0 Å². The molecule has 0 aliphatic carbocycles. The molecular formula is C11H22LiN. The summed E-state index contributed by atoms with van der Waals surface area (Å²) < 4.78 is 0. The molecule has 0 aromatic rings. The Balaban J connectivity index is 3.79. The van der Waals surface area contributed by atoms with Gasteiger partial charge in [-0.05, 0) is 0 Å². The van der Waals surface area contributed by atoms with Crippen molar-refractivity contribution in [3.63, 3.8) is 0 Å². The van der Waals surface area contributed by atoms with Crippen molar-refractivity contribution in [3.05, 3.63) is 11.6 Å². The standard InChI is InChI=1S/C11H22N.Li/c1-5-8-12(9-6-2)10-7-11(3)4;/h7H,3,5-6,8-10H2,1-2,4H3;. The van der Waals surface area contributed by atoms with Gasteiger partial charge in [0.25, 0.3) is 0 Å². The average Bonchev–Trinajstić information content (AvgIpc) is 2.14. The third-order valence-corrected chi connectivity index (χ3v) is 2.34. The van der Waals surface area contributed by atoms with Crippen LogP contribution < -0.4 is 0 Å². The first-order valence-electron chi connectivity index (χ1n) is 5.62. The van der Waals surface area contributed by atoms with E-state index in [4.69, 9.17) is 0 Å². The molecule has 0 heterocycles. The summed E-state index contributed by atoms with van der Waals surface area (Å²) in [5.41, 5.74) is 1.51. The number of nitrogens with zero attached hydrogens (tertiary/aromatic N) is 1. The van der Waals surface area contributed by atoms with Gasteiger partial charge in [-0.1, -0.05) is 0 Å². The van der Waals surface area contributed by atoms with Crippen molar-refractivity contribution in [3.8, 4) is 0 Å². The minimum absolute atomic E-state index is 1.14. The van der Waals surface area contributed by atoms with Gasteiger partial charge in [0.05, 0.1) is 0 Å². The SMILES string of the molecule is [Li][CH2]C(C)=CCN(CCC)CCC. The molecule has 2 heteroatoms. The predicted octanol–water partition coefficient (Wildman–Crippen LogP) is 2.64. The quantitative estimate of drug-likeness (QED) is 0.424. The van der Waals surface area contributed by atoms with E-state index in [2.05, 4.69) is 49.5 Å². The van der Waals surface area contributed by atoms with Crippen LogP contribution in [0.3, 0.4) is 0 Å². The summed E-state index contributed by atoms with van der Waals surface area (Å²) in [5.74, 6) is 0. The fourth-order valence-electron chi connectivity index (χ4n) is 1.36. The van der Waals surface area contributed by atoms with Crippen molar-refractivity contribution in [2.45, 2.75) is 38.7 Å². The number of hydrogen-bond donors (Lipinski definition) is 0. The molecule has 72 valence electrons. The van der Waals surface area contributed by atoms with Crippen LogP contribution in [0.15, 0.2) is 11.6 Å². The summed E-state index contributed by atoms with van der Waals surface area (Å²) in [6.07, 6.45) is 4.89.